The SMILES string of the molecule is COCCn1nnnc1[C@H](c1ccccc1F)N1CCN(c2nc3ccccc3s2)CC1. The van der Waals surface area contributed by atoms with Crippen molar-refractivity contribution >= 4 is 26.7 Å². The second-order valence-electron chi connectivity index (χ2n) is 7.66. The van der Waals surface area contributed by atoms with E-state index in [9.17, 15) is 4.39 Å². The van der Waals surface area contributed by atoms with E-state index >= 15 is 0 Å². The zero-order valence-corrected chi connectivity index (χ0v) is 18.6. The Morgan fingerprint density at radius 2 is 1.84 bits per heavy atom. The van der Waals surface area contributed by atoms with Crippen molar-refractivity contribution in [3.63, 3.8) is 0 Å². The van der Waals surface area contributed by atoms with E-state index in [1.54, 1.807) is 29.2 Å². The third-order valence-corrected chi connectivity index (χ3v) is 6.84. The lowest BCUT2D eigenvalue weighted by Crippen LogP contribution is -2.48. The number of hydrogen-bond donors (Lipinski definition) is 0. The molecule has 10 heteroatoms. The van der Waals surface area contributed by atoms with Crippen LogP contribution in [0.4, 0.5) is 9.52 Å². The molecule has 8 nitrogen and oxygen atoms in total. The van der Waals surface area contributed by atoms with Crippen LogP contribution in [0, 0.1) is 5.82 Å². The minimum Gasteiger partial charge on any atom is -0.383 e. The van der Waals surface area contributed by atoms with E-state index in [1.807, 2.05) is 30.3 Å². The molecule has 1 fully saturated rings. The number of thiazole rings is 1. The van der Waals surface area contributed by atoms with Gasteiger partial charge in [-0.1, -0.05) is 41.7 Å². The van der Waals surface area contributed by atoms with Crippen LogP contribution in [-0.2, 0) is 11.3 Å². The van der Waals surface area contributed by atoms with Gasteiger partial charge >= 0.3 is 0 Å². The molecule has 1 saturated heterocycles. The van der Waals surface area contributed by atoms with Gasteiger partial charge in [0, 0.05) is 38.9 Å². The van der Waals surface area contributed by atoms with Crippen LogP contribution in [0.3, 0.4) is 0 Å². The third-order valence-electron chi connectivity index (χ3n) is 5.74. The molecule has 5 rings (SSSR count). The van der Waals surface area contributed by atoms with E-state index in [-0.39, 0.29) is 11.9 Å². The smallest absolute Gasteiger partial charge is 0.186 e. The molecule has 1 aliphatic rings. The summed E-state index contributed by atoms with van der Waals surface area (Å²) in [6.07, 6.45) is 0. The fourth-order valence-electron chi connectivity index (χ4n) is 4.11. The Morgan fingerprint density at radius 3 is 2.62 bits per heavy atom. The van der Waals surface area contributed by atoms with Crippen molar-refractivity contribution in [2.45, 2.75) is 12.6 Å². The molecule has 0 bridgehead atoms. The lowest BCUT2D eigenvalue weighted by Gasteiger charge is -2.38. The van der Waals surface area contributed by atoms with Crippen LogP contribution in [0.2, 0.25) is 0 Å². The first kappa shape index (κ1) is 20.9. The molecule has 0 unspecified atom stereocenters. The number of hydrogen-bond acceptors (Lipinski definition) is 8. The number of rotatable bonds is 7. The second-order valence-corrected chi connectivity index (χ2v) is 8.67. The van der Waals surface area contributed by atoms with Crippen molar-refractivity contribution in [3.05, 3.63) is 65.7 Å². The Morgan fingerprint density at radius 1 is 1.06 bits per heavy atom. The highest BCUT2D eigenvalue weighted by atomic mass is 32.1. The molecule has 0 spiro atoms. The molecule has 2 aromatic carbocycles. The number of fused-ring (bicyclic) bond motifs is 1. The molecular weight excluding hydrogens is 429 g/mol. The molecular formula is C22H24FN7OS. The maximum atomic E-state index is 14.9. The van der Waals surface area contributed by atoms with E-state index in [1.165, 1.54) is 10.8 Å². The molecule has 0 N–H and O–H groups in total. The van der Waals surface area contributed by atoms with Crippen molar-refractivity contribution in [3.8, 4) is 0 Å². The summed E-state index contributed by atoms with van der Waals surface area (Å²) >= 11 is 1.71. The van der Waals surface area contributed by atoms with E-state index in [0.29, 0.717) is 24.5 Å². The van der Waals surface area contributed by atoms with Crippen molar-refractivity contribution < 1.29 is 9.13 Å². The first-order chi connectivity index (χ1) is 15.7. The number of anilines is 1. The summed E-state index contributed by atoms with van der Waals surface area (Å²) in [6.45, 7) is 4.07. The monoisotopic (exact) mass is 453 g/mol. The predicted molar refractivity (Wildman–Crippen MR) is 121 cm³/mol. The Balaban J connectivity index is 1.40. The highest BCUT2D eigenvalue weighted by Gasteiger charge is 2.32. The first-order valence-electron chi connectivity index (χ1n) is 10.6. The predicted octanol–water partition coefficient (Wildman–Crippen LogP) is 2.98. The molecule has 0 radical (unpaired) electrons. The number of halogens is 1. The topological polar surface area (TPSA) is 72.2 Å². The second kappa shape index (κ2) is 9.27. The highest BCUT2D eigenvalue weighted by Crippen LogP contribution is 2.33. The van der Waals surface area contributed by atoms with Gasteiger partial charge in [-0.2, -0.15) is 0 Å². The Hall–Kier alpha value is -2.95. The lowest BCUT2D eigenvalue weighted by molar-refractivity contribution is 0.171. The van der Waals surface area contributed by atoms with Gasteiger partial charge in [0.1, 0.15) is 11.9 Å². The summed E-state index contributed by atoms with van der Waals surface area (Å²) in [5, 5.41) is 13.3. The molecule has 0 saturated carbocycles. The number of piperazine rings is 1. The average Bonchev–Trinajstić information content (AvgIpc) is 3.47. The van der Waals surface area contributed by atoms with Crippen LogP contribution < -0.4 is 4.90 Å². The summed E-state index contributed by atoms with van der Waals surface area (Å²) in [5.74, 6) is 0.369. The zero-order valence-electron chi connectivity index (χ0n) is 17.8. The van der Waals surface area contributed by atoms with E-state index in [0.717, 1.165) is 36.8 Å². The summed E-state index contributed by atoms with van der Waals surface area (Å²) in [5.41, 5.74) is 1.60. The Labute approximate surface area is 189 Å². The zero-order chi connectivity index (χ0) is 21.9. The summed E-state index contributed by atoms with van der Waals surface area (Å²) in [4.78, 5) is 9.34. The summed E-state index contributed by atoms with van der Waals surface area (Å²) < 4.78 is 23.0. The van der Waals surface area contributed by atoms with Crippen LogP contribution in [0.1, 0.15) is 17.4 Å². The van der Waals surface area contributed by atoms with Crippen molar-refractivity contribution in [1.29, 1.82) is 0 Å². The van der Waals surface area contributed by atoms with Crippen LogP contribution in [-0.4, -0.2) is 70.0 Å². The molecule has 1 atom stereocenters. The van der Waals surface area contributed by atoms with Gasteiger partial charge in [-0.3, -0.25) is 4.90 Å². The normalized spacial score (nSPS) is 16.0. The minimum atomic E-state index is -0.374. The third kappa shape index (κ3) is 4.08. The molecule has 32 heavy (non-hydrogen) atoms. The lowest BCUT2D eigenvalue weighted by atomic mass is 10.0. The number of aromatic nitrogens is 5. The molecule has 3 heterocycles. The van der Waals surface area contributed by atoms with Crippen molar-refractivity contribution in [2.24, 2.45) is 0 Å². The number of benzene rings is 2. The highest BCUT2D eigenvalue weighted by molar-refractivity contribution is 7.22. The van der Waals surface area contributed by atoms with Gasteiger partial charge in [0.2, 0.25) is 0 Å². The number of para-hydroxylation sites is 1. The largest absolute Gasteiger partial charge is 0.383 e. The van der Waals surface area contributed by atoms with Crippen LogP contribution in [0.15, 0.2) is 48.5 Å². The molecule has 4 aromatic rings. The molecule has 1 aliphatic heterocycles. The first-order valence-corrected chi connectivity index (χ1v) is 11.4. The molecule has 0 aliphatic carbocycles. The summed E-state index contributed by atoms with van der Waals surface area (Å²) in [7, 11) is 1.64. The van der Waals surface area contributed by atoms with E-state index in [4.69, 9.17) is 9.72 Å². The fraction of sp³-hybridized carbons (Fsp3) is 0.364. The van der Waals surface area contributed by atoms with Gasteiger partial charge < -0.3 is 9.64 Å². The van der Waals surface area contributed by atoms with Gasteiger partial charge in [-0.15, -0.1) is 5.10 Å². The van der Waals surface area contributed by atoms with Crippen LogP contribution >= 0.6 is 11.3 Å². The van der Waals surface area contributed by atoms with Crippen molar-refractivity contribution in [2.75, 3.05) is 44.8 Å². The Kier molecular flexibility index (Phi) is 6.06. The number of methoxy groups -OCH3 is 1. The van der Waals surface area contributed by atoms with Gasteiger partial charge in [0.05, 0.1) is 23.4 Å². The van der Waals surface area contributed by atoms with E-state index < -0.39 is 0 Å². The molecule has 2 aromatic heterocycles. The van der Waals surface area contributed by atoms with E-state index in [2.05, 4.69) is 31.4 Å². The van der Waals surface area contributed by atoms with Crippen LogP contribution in [0.25, 0.3) is 10.2 Å². The van der Waals surface area contributed by atoms with Gasteiger partial charge in [0.15, 0.2) is 11.0 Å². The number of ether oxygens (including phenoxy) is 1. The maximum Gasteiger partial charge on any atom is 0.186 e. The summed E-state index contributed by atoms with van der Waals surface area (Å²) in [6, 6.07) is 14.7. The molecule has 0 amide bonds. The average molecular weight is 454 g/mol. The minimum absolute atomic E-state index is 0.257. The van der Waals surface area contributed by atoms with Gasteiger partial charge in [-0.25, -0.2) is 14.1 Å². The Bertz CT molecular complexity index is 1150. The van der Waals surface area contributed by atoms with Crippen molar-refractivity contribution in [1.82, 2.24) is 30.1 Å². The van der Waals surface area contributed by atoms with Crippen LogP contribution in [0.5, 0.6) is 0 Å². The van der Waals surface area contributed by atoms with Gasteiger partial charge in [0.25, 0.3) is 0 Å². The molecule has 166 valence electrons. The number of tetrazole rings is 1. The van der Waals surface area contributed by atoms with Gasteiger partial charge in [-0.05, 0) is 28.6 Å². The standard InChI is InChI=1S/C22H24FN7OS/c1-31-15-14-30-21(25-26-27-30)20(16-6-2-3-7-17(16)23)28-10-12-29(13-11-28)22-24-18-8-4-5-9-19(18)32-22/h2-9,20H,10-15H2,1H3/t20-/m0/s1. The quantitative estimate of drug-likeness (QED) is 0.426. The number of nitrogens with zero attached hydrogens (tertiary/aromatic N) is 7. The fourth-order valence-corrected chi connectivity index (χ4v) is 5.12. The maximum absolute atomic E-state index is 14.9.